The van der Waals surface area contributed by atoms with Crippen molar-refractivity contribution in [1.29, 1.82) is 5.26 Å². The number of nitriles is 1. The molecule has 2 aromatic rings. The van der Waals surface area contributed by atoms with Crippen molar-refractivity contribution in [2.75, 3.05) is 19.0 Å². The number of hydrogen-bond acceptors (Lipinski definition) is 5. The number of nitrogens with one attached hydrogen (secondary N) is 1. The number of phenolic OH excluding ortho intramolecular Hbond substituents is 1. The molecule has 7 heteroatoms. The Morgan fingerprint density at radius 1 is 1.38 bits per heavy atom. The van der Waals surface area contributed by atoms with E-state index in [4.69, 9.17) is 9.47 Å². The molecule has 0 aliphatic heterocycles. The fraction of sp³-hybridized carbons (Fsp3) is 0.158. The first-order valence-corrected chi connectivity index (χ1v) is 8.78. The van der Waals surface area contributed by atoms with Crippen molar-refractivity contribution >= 4 is 40.3 Å². The van der Waals surface area contributed by atoms with Gasteiger partial charge in [0.15, 0.2) is 11.5 Å². The molecule has 1 amide bonds. The Morgan fingerprint density at radius 3 is 2.81 bits per heavy atom. The maximum atomic E-state index is 12.4. The van der Waals surface area contributed by atoms with Crippen molar-refractivity contribution in [3.8, 4) is 23.3 Å². The number of ether oxygens (including phenoxy) is 2. The van der Waals surface area contributed by atoms with Crippen LogP contribution >= 0.6 is 22.6 Å². The van der Waals surface area contributed by atoms with Gasteiger partial charge in [-0.15, -0.1) is 0 Å². The van der Waals surface area contributed by atoms with Gasteiger partial charge in [0.2, 0.25) is 0 Å². The summed E-state index contributed by atoms with van der Waals surface area (Å²) in [6.45, 7) is 2.19. The first-order valence-electron chi connectivity index (χ1n) is 7.71. The number of amides is 1. The summed E-state index contributed by atoms with van der Waals surface area (Å²) in [6.07, 6.45) is 1.44. The normalized spacial score (nSPS) is 10.8. The highest BCUT2D eigenvalue weighted by atomic mass is 127. The summed E-state index contributed by atoms with van der Waals surface area (Å²) in [6, 6.07) is 12.0. The molecule has 0 saturated heterocycles. The van der Waals surface area contributed by atoms with Crippen LogP contribution in [0.15, 0.2) is 42.0 Å². The highest BCUT2D eigenvalue weighted by Gasteiger charge is 2.13. The van der Waals surface area contributed by atoms with Crippen molar-refractivity contribution in [2.24, 2.45) is 0 Å². The van der Waals surface area contributed by atoms with Crippen LogP contribution in [0.1, 0.15) is 12.5 Å². The molecular weight excluding hydrogens is 447 g/mol. The molecule has 0 atom stereocenters. The molecule has 0 unspecified atom stereocenters. The number of aromatic hydroxyl groups is 1. The number of carbonyl (C=O) groups is 1. The summed E-state index contributed by atoms with van der Waals surface area (Å²) < 4.78 is 11.0. The van der Waals surface area contributed by atoms with Crippen LogP contribution in [0, 0.1) is 14.9 Å². The average Bonchev–Trinajstić information content (AvgIpc) is 2.63. The van der Waals surface area contributed by atoms with Crippen LogP contribution in [-0.2, 0) is 4.79 Å². The predicted octanol–water partition coefficient (Wildman–Crippen LogP) is 3.95. The zero-order valence-corrected chi connectivity index (χ0v) is 16.4. The van der Waals surface area contributed by atoms with Crippen LogP contribution < -0.4 is 14.8 Å². The molecule has 134 valence electrons. The van der Waals surface area contributed by atoms with Gasteiger partial charge >= 0.3 is 0 Å². The molecule has 26 heavy (non-hydrogen) atoms. The Balaban J connectivity index is 2.29. The first-order chi connectivity index (χ1) is 12.5. The van der Waals surface area contributed by atoms with Crippen molar-refractivity contribution in [3.63, 3.8) is 0 Å². The van der Waals surface area contributed by atoms with E-state index in [1.807, 2.05) is 28.7 Å². The van der Waals surface area contributed by atoms with Crippen molar-refractivity contribution in [3.05, 3.63) is 51.1 Å². The number of nitrogens with zero attached hydrogens (tertiary/aromatic N) is 1. The van der Waals surface area contributed by atoms with Crippen molar-refractivity contribution in [1.82, 2.24) is 0 Å². The Labute approximate surface area is 165 Å². The molecule has 0 aliphatic carbocycles. The largest absolute Gasteiger partial charge is 0.504 e. The lowest BCUT2D eigenvalue weighted by atomic mass is 10.1. The summed E-state index contributed by atoms with van der Waals surface area (Å²) in [5, 5.41) is 22.0. The van der Waals surface area contributed by atoms with Crippen LogP contribution in [0.4, 0.5) is 5.69 Å². The number of phenols is 1. The van der Waals surface area contributed by atoms with Crippen molar-refractivity contribution in [2.45, 2.75) is 6.92 Å². The summed E-state index contributed by atoms with van der Waals surface area (Å²) in [5.41, 5.74) is 1.02. The number of hydrogen-bond donors (Lipinski definition) is 2. The fourth-order valence-corrected chi connectivity index (χ4v) is 2.78. The lowest BCUT2D eigenvalue weighted by Gasteiger charge is -2.09. The van der Waals surface area contributed by atoms with Gasteiger partial charge in [0, 0.05) is 11.8 Å². The summed E-state index contributed by atoms with van der Waals surface area (Å²) in [5.74, 6) is 0.390. The number of rotatable bonds is 6. The molecule has 0 fully saturated rings. The Bertz CT molecular complexity index is 888. The minimum Gasteiger partial charge on any atom is -0.504 e. The van der Waals surface area contributed by atoms with Gasteiger partial charge in [-0.1, -0.05) is 6.07 Å². The standard InChI is InChI=1S/C19H17IN2O4/c1-3-26-17-9-12(8-16(20)18(17)23)7-13(11-21)19(24)22-14-5-4-6-15(10-14)25-2/h4-10,23H,3H2,1-2H3,(H,22,24)/b13-7+. The third kappa shape index (κ3) is 4.89. The quantitative estimate of drug-likeness (QED) is 0.384. The van der Waals surface area contributed by atoms with Gasteiger partial charge < -0.3 is 19.9 Å². The van der Waals surface area contributed by atoms with E-state index in [1.165, 1.54) is 13.2 Å². The second kappa shape index (κ2) is 9.10. The Hall–Kier alpha value is -2.73. The van der Waals surface area contributed by atoms with Gasteiger partial charge in [0.05, 0.1) is 17.3 Å². The van der Waals surface area contributed by atoms with Crippen LogP contribution in [0.3, 0.4) is 0 Å². The molecule has 0 saturated carbocycles. The fourth-order valence-electron chi connectivity index (χ4n) is 2.16. The lowest BCUT2D eigenvalue weighted by molar-refractivity contribution is -0.112. The van der Waals surface area contributed by atoms with Gasteiger partial charge in [-0.05, 0) is 65.4 Å². The van der Waals surface area contributed by atoms with Crippen LogP contribution in [0.2, 0.25) is 0 Å². The van der Waals surface area contributed by atoms with Gasteiger partial charge in [0.1, 0.15) is 17.4 Å². The highest BCUT2D eigenvalue weighted by Crippen LogP contribution is 2.33. The average molecular weight is 464 g/mol. The van der Waals surface area contributed by atoms with Crippen molar-refractivity contribution < 1.29 is 19.4 Å². The maximum Gasteiger partial charge on any atom is 0.266 e. The van der Waals surface area contributed by atoms with E-state index in [1.54, 1.807) is 43.3 Å². The minimum atomic E-state index is -0.540. The molecule has 0 aromatic heterocycles. The first kappa shape index (κ1) is 19.6. The third-order valence-electron chi connectivity index (χ3n) is 3.35. The number of halogens is 1. The Morgan fingerprint density at radius 2 is 2.15 bits per heavy atom. The second-order valence-electron chi connectivity index (χ2n) is 5.14. The van der Waals surface area contributed by atoms with Gasteiger partial charge in [-0.2, -0.15) is 5.26 Å². The molecule has 6 nitrogen and oxygen atoms in total. The molecule has 0 radical (unpaired) electrons. The summed E-state index contributed by atoms with van der Waals surface area (Å²) >= 11 is 1.96. The highest BCUT2D eigenvalue weighted by molar-refractivity contribution is 14.1. The van der Waals surface area contributed by atoms with Crippen LogP contribution in [0.25, 0.3) is 6.08 Å². The van der Waals surface area contributed by atoms with E-state index in [0.717, 1.165) is 0 Å². The smallest absolute Gasteiger partial charge is 0.266 e. The van der Waals surface area contributed by atoms with Gasteiger partial charge in [-0.25, -0.2) is 0 Å². The molecule has 0 heterocycles. The van der Waals surface area contributed by atoms with E-state index in [0.29, 0.717) is 32.9 Å². The van der Waals surface area contributed by atoms with Gasteiger partial charge in [-0.3, -0.25) is 4.79 Å². The van der Waals surface area contributed by atoms with E-state index < -0.39 is 5.91 Å². The topological polar surface area (TPSA) is 91.6 Å². The number of methoxy groups -OCH3 is 1. The zero-order valence-electron chi connectivity index (χ0n) is 14.2. The maximum absolute atomic E-state index is 12.4. The lowest BCUT2D eigenvalue weighted by Crippen LogP contribution is -2.13. The molecular formula is C19H17IN2O4. The molecule has 2 rings (SSSR count). The second-order valence-corrected chi connectivity index (χ2v) is 6.30. The molecule has 0 spiro atoms. The third-order valence-corrected chi connectivity index (χ3v) is 4.18. The molecule has 2 aromatic carbocycles. The number of anilines is 1. The minimum absolute atomic E-state index is 0.0314. The molecule has 0 bridgehead atoms. The molecule has 2 N–H and O–H groups in total. The summed E-state index contributed by atoms with van der Waals surface area (Å²) in [4.78, 5) is 12.4. The predicted molar refractivity (Wildman–Crippen MR) is 107 cm³/mol. The SMILES string of the molecule is CCOc1cc(/C=C(\C#N)C(=O)Nc2cccc(OC)c2)cc(I)c1O. The van der Waals surface area contributed by atoms with Gasteiger partial charge in [0.25, 0.3) is 5.91 Å². The van der Waals surface area contributed by atoms with E-state index in [2.05, 4.69) is 5.32 Å². The summed E-state index contributed by atoms with van der Waals surface area (Å²) in [7, 11) is 1.53. The van der Waals surface area contributed by atoms with Crippen LogP contribution in [0.5, 0.6) is 17.2 Å². The zero-order chi connectivity index (χ0) is 19.1. The number of carbonyl (C=O) groups excluding carboxylic acids is 1. The Kier molecular flexibility index (Phi) is 6.86. The monoisotopic (exact) mass is 464 g/mol. The number of benzene rings is 2. The van der Waals surface area contributed by atoms with E-state index >= 15 is 0 Å². The van der Waals surface area contributed by atoms with Crippen LogP contribution in [-0.4, -0.2) is 24.7 Å². The molecule has 0 aliphatic rings. The van der Waals surface area contributed by atoms with E-state index in [-0.39, 0.29) is 11.3 Å². The van der Waals surface area contributed by atoms with E-state index in [9.17, 15) is 15.2 Å².